The maximum atomic E-state index is 14.9. The summed E-state index contributed by atoms with van der Waals surface area (Å²) in [7, 11) is 0. The fourth-order valence-corrected chi connectivity index (χ4v) is 6.90. The minimum absolute atomic E-state index is 0.00297. The molecule has 3 heterocycles. The van der Waals surface area contributed by atoms with Crippen LogP contribution in [0.1, 0.15) is 75.6 Å². The van der Waals surface area contributed by atoms with E-state index in [4.69, 9.17) is 0 Å². The second-order valence-corrected chi connectivity index (χ2v) is 13.1. The Morgan fingerprint density at radius 3 is 2.23 bits per heavy atom. The fourth-order valence-electron chi connectivity index (χ4n) is 6.90. The van der Waals surface area contributed by atoms with E-state index in [9.17, 15) is 18.4 Å². The van der Waals surface area contributed by atoms with E-state index in [1.807, 2.05) is 23.6 Å². The molecule has 0 radical (unpaired) electrons. The molecular weight excluding hydrogens is 496 g/mol. The summed E-state index contributed by atoms with van der Waals surface area (Å²) in [4.78, 5) is 34.0. The van der Waals surface area contributed by atoms with Gasteiger partial charge in [0.15, 0.2) is 0 Å². The molecule has 2 aromatic rings. The molecule has 0 aromatic heterocycles. The molecule has 3 aliphatic rings. The van der Waals surface area contributed by atoms with Crippen molar-refractivity contribution in [3.63, 3.8) is 0 Å². The van der Waals surface area contributed by atoms with Crippen molar-refractivity contribution < 1.29 is 18.4 Å². The van der Waals surface area contributed by atoms with Crippen LogP contribution in [0, 0.1) is 31.4 Å². The predicted molar refractivity (Wildman–Crippen MR) is 150 cm³/mol. The van der Waals surface area contributed by atoms with Gasteiger partial charge in [0, 0.05) is 55.4 Å². The zero-order valence-corrected chi connectivity index (χ0v) is 24.3. The lowest BCUT2D eigenvalue weighted by Gasteiger charge is -2.40. The van der Waals surface area contributed by atoms with Crippen LogP contribution in [-0.4, -0.2) is 59.4 Å². The number of nitrogens with zero attached hydrogens (tertiary/aromatic N) is 3. The molecule has 1 unspecified atom stereocenters. The van der Waals surface area contributed by atoms with Crippen molar-refractivity contribution in [1.29, 1.82) is 0 Å². The normalized spacial score (nSPS) is 23.3. The van der Waals surface area contributed by atoms with E-state index in [0.29, 0.717) is 44.6 Å². The summed E-state index contributed by atoms with van der Waals surface area (Å²) in [5, 5.41) is 0. The molecule has 2 saturated heterocycles. The molecular formula is C32H41F2N3O2. The largest absolute Gasteiger partial charge is 0.342 e. The molecule has 5 rings (SSSR count). The summed E-state index contributed by atoms with van der Waals surface area (Å²) in [6, 6.07) is 8.04. The Morgan fingerprint density at radius 1 is 1.00 bits per heavy atom. The van der Waals surface area contributed by atoms with Crippen molar-refractivity contribution in [1.82, 2.24) is 9.80 Å². The number of aryl methyl sites for hydroxylation is 2. The number of hydrogen-bond donors (Lipinski definition) is 0. The van der Waals surface area contributed by atoms with E-state index in [2.05, 4.69) is 51.7 Å². The molecule has 0 aliphatic carbocycles. The van der Waals surface area contributed by atoms with Gasteiger partial charge in [-0.05, 0) is 95.7 Å². The van der Waals surface area contributed by atoms with Crippen LogP contribution in [0.4, 0.5) is 14.5 Å². The van der Waals surface area contributed by atoms with Gasteiger partial charge in [-0.2, -0.15) is 0 Å². The van der Waals surface area contributed by atoms with Gasteiger partial charge in [0.1, 0.15) is 11.6 Å². The van der Waals surface area contributed by atoms with Crippen LogP contribution in [-0.2, 0) is 15.0 Å². The highest BCUT2D eigenvalue weighted by Gasteiger charge is 2.54. The zero-order chi connectivity index (χ0) is 28.4. The molecule has 7 heteroatoms. The lowest BCUT2D eigenvalue weighted by atomic mass is 9.72. The molecule has 2 atom stereocenters. The van der Waals surface area contributed by atoms with Crippen LogP contribution < -0.4 is 4.90 Å². The lowest BCUT2D eigenvalue weighted by molar-refractivity contribution is -0.139. The monoisotopic (exact) mass is 537 g/mol. The molecule has 1 spiro atoms. The summed E-state index contributed by atoms with van der Waals surface area (Å²) < 4.78 is 28.6. The predicted octanol–water partition coefficient (Wildman–Crippen LogP) is 5.71. The first kappa shape index (κ1) is 27.8. The number of hydrogen-bond acceptors (Lipinski definition) is 3. The maximum Gasteiger partial charge on any atom is 0.238 e. The first-order valence-electron chi connectivity index (χ1n) is 14.2. The zero-order valence-electron chi connectivity index (χ0n) is 24.3. The second-order valence-electron chi connectivity index (χ2n) is 13.1. The Kier molecular flexibility index (Phi) is 6.89. The average Bonchev–Trinajstić information content (AvgIpc) is 3.39. The number of benzene rings is 2. The van der Waals surface area contributed by atoms with Crippen molar-refractivity contribution >= 4 is 17.5 Å². The van der Waals surface area contributed by atoms with Gasteiger partial charge in [-0.1, -0.05) is 12.1 Å². The number of carbonyl (C=O) groups is 2. The number of halogens is 2. The van der Waals surface area contributed by atoms with Crippen molar-refractivity contribution in [3.05, 3.63) is 64.2 Å². The summed E-state index contributed by atoms with van der Waals surface area (Å²) in [5.41, 5.74) is 4.01. The minimum Gasteiger partial charge on any atom is -0.342 e. The number of carbonyl (C=O) groups excluding carboxylic acids is 2. The van der Waals surface area contributed by atoms with Crippen molar-refractivity contribution in [2.75, 3.05) is 31.1 Å². The molecule has 210 valence electrons. The topological polar surface area (TPSA) is 43.9 Å². The van der Waals surface area contributed by atoms with E-state index < -0.39 is 23.0 Å². The molecule has 3 aliphatic heterocycles. The maximum absolute atomic E-state index is 14.9. The van der Waals surface area contributed by atoms with Crippen molar-refractivity contribution in [2.24, 2.45) is 5.92 Å². The molecule has 2 amide bonds. The molecule has 39 heavy (non-hydrogen) atoms. The molecule has 2 aromatic carbocycles. The molecule has 0 bridgehead atoms. The first-order chi connectivity index (χ1) is 18.2. The van der Waals surface area contributed by atoms with Gasteiger partial charge in [0.05, 0.1) is 11.3 Å². The highest BCUT2D eigenvalue weighted by Crippen LogP contribution is 2.50. The number of likely N-dealkylation sites (tertiary alicyclic amines) is 2. The highest BCUT2D eigenvalue weighted by molar-refractivity contribution is 6.09. The third-order valence-corrected chi connectivity index (χ3v) is 9.41. The van der Waals surface area contributed by atoms with Gasteiger partial charge in [0.25, 0.3) is 0 Å². The van der Waals surface area contributed by atoms with Gasteiger partial charge in [-0.15, -0.1) is 0 Å². The van der Waals surface area contributed by atoms with Crippen LogP contribution in [0.15, 0.2) is 30.3 Å². The Hall–Kier alpha value is -2.80. The number of anilines is 1. The Morgan fingerprint density at radius 2 is 1.64 bits per heavy atom. The third kappa shape index (κ3) is 4.56. The van der Waals surface area contributed by atoms with Gasteiger partial charge in [-0.25, -0.2) is 8.78 Å². The number of amides is 2. The standard InChI is InChI=1S/C32H41F2N3O2/c1-19(2)37-28-15-21(4)20(3)14-26(28)32(30(37)39)10-12-35(13-11-32)29(38)25-18-36(31(5,6)7)17-24(25)23-9-8-22(33)16-27(23)34/h8-9,14-16,19,24-25H,10-13,17-18H2,1-7H3/t24?,25-/m1/s1. The SMILES string of the molecule is Cc1cc2c(cc1C)C1(CCN(C(=O)[C@@H]3CN(C(C)(C)C)CC3c3ccc(F)cc3F)CC1)C(=O)N2C(C)C. The lowest BCUT2D eigenvalue weighted by Crippen LogP contribution is -2.52. The third-order valence-electron chi connectivity index (χ3n) is 9.41. The Bertz CT molecular complexity index is 1310. The van der Waals surface area contributed by atoms with E-state index in [-0.39, 0.29) is 29.3 Å². The van der Waals surface area contributed by atoms with Gasteiger partial charge in [-0.3, -0.25) is 14.5 Å². The van der Waals surface area contributed by atoms with Gasteiger partial charge < -0.3 is 9.80 Å². The van der Waals surface area contributed by atoms with Crippen molar-refractivity contribution in [2.45, 2.75) is 84.2 Å². The molecule has 0 N–H and O–H groups in total. The van der Waals surface area contributed by atoms with Crippen molar-refractivity contribution in [3.8, 4) is 0 Å². The van der Waals surface area contributed by atoms with E-state index in [0.717, 1.165) is 17.3 Å². The Labute approximate surface area is 231 Å². The quantitative estimate of drug-likeness (QED) is 0.504. The van der Waals surface area contributed by atoms with Crippen LogP contribution in [0.5, 0.6) is 0 Å². The summed E-state index contributed by atoms with van der Waals surface area (Å²) >= 11 is 0. The number of piperidine rings is 1. The second kappa shape index (κ2) is 9.69. The summed E-state index contributed by atoms with van der Waals surface area (Å²) in [6.07, 6.45) is 1.14. The molecule has 0 saturated carbocycles. The van der Waals surface area contributed by atoms with Crippen LogP contribution in [0.25, 0.3) is 0 Å². The van der Waals surface area contributed by atoms with E-state index in [1.165, 1.54) is 23.3 Å². The summed E-state index contributed by atoms with van der Waals surface area (Å²) in [6.45, 7) is 16.5. The van der Waals surface area contributed by atoms with E-state index >= 15 is 0 Å². The van der Waals surface area contributed by atoms with Crippen LogP contribution in [0.2, 0.25) is 0 Å². The first-order valence-corrected chi connectivity index (χ1v) is 14.2. The smallest absolute Gasteiger partial charge is 0.238 e. The van der Waals surface area contributed by atoms with E-state index in [1.54, 1.807) is 0 Å². The van der Waals surface area contributed by atoms with Crippen LogP contribution in [0.3, 0.4) is 0 Å². The average molecular weight is 538 g/mol. The minimum atomic E-state index is -0.621. The number of rotatable bonds is 3. The molecule has 2 fully saturated rings. The van der Waals surface area contributed by atoms with Gasteiger partial charge in [0.2, 0.25) is 11.8 Å². The molecule has 5 nitrogen and oxygen atoms in total. The highest BCUT2D eigenvalue weighted by atomic mass is 19.1. The van der Waals surface area contributed by atoms with Crippen LogP contribution >= 0.6 is 0 Å². The van der Waals surface area contributed by atoms with Gasteiger partial charge >= 0.3 is 0 Å². The number of fused-ring (bicyclic) bond motifs is 2. The fraction of sp³-hybridized carbons (Fsp3) is 0.562. The summed E-state index contributed by atoms with van der Waals surface area (Å²) in [5.74, 6) is -1.87. The Balaban J connectivity index is 1.42.